The number of anilines is 1. The van der Waals surface area contributed by atoms with Gasteiger partial charge in [0.15, 0.2) is 0 Å². The molecule has 0 radical (unpaired) electrons. The third-order valence-corrected chi connectivity index (χ3v) is 5.92. The van der Waals surface area contributed by atoms with Gasteiger partial charge in [0, 0.05) is 37.8 Å². The molecule has 1 aromatic carbocycles. The molecular weight excluding hydrogens is 338 g/mol. The van der Waals surface area contributed by atoms with Gasteiger partial charge in [-0.15, -0.1) is 0 Å². The van der Waals surface area contributed by atoms with Crippen LogP contribution in [0, 0.1) is 11.8 Å². The Bertz CT molecular complexity index is 618. The number of piperazine rings is 1. The first-order valence-electron chi connectivity index (χ1n) is 10.5. The van der Waals surface area contributed by atoms with E-state index in [1.807, 2.05) is 36.9 Å². The average molecular weight is 372 g/mol. The summed E-state index contributed by atoms with van der Waals surface area (Å²) in [4.78, 5) is 30.0. The van der Waals surface area contributed by atoms with Gasteiger partial charge in [0.25, 0.3) is 0 Å². The Labute approximate surface area is 163 Å². The lowest BCUT2D eigenvalue weighted by Gasteiger charge is -2.38. The zero-order valence-corrected chi connectivity index (χ0v) is 16.7. The summed E-state index contributed by atoms with van der Waals surface area (Å²) in [6, 6.07) is 9.91. The van der Waals surface area contributed by atoms with Crippen molar-refractivity contribution in [1.82, 2.24) is 10.2 Å². The molecule has 1 aliphatic carbocycles. The highest BCUT2D eigenvalue weighted by molar-refractivity contribution is 5.89. The molecule has 2 fully saturated rings. The van der Waals surface area contributed by atoms with Crippen molar-refractivity contribution in [1.29, 1.82) is 0 Å². The minimum atomic E-state index is -0.414. The highest BCUT2D eigenvalue weighted by Crippen LogP contribution is 2.24. The topological polar surface area (TPSA) is 52.7 Å². The number of hydrogen-bond donors (Lipinski definition) is 1. The van der Waals surface area contributed by atoms with Crippen LogP contribution in [0.25, 0.3) is 0 Å². The second-order valence-electron chi connectivity index (χ2n) is 8.21. The lowest BCUT2D eigenvalue weighted by atomic mass is 9.88. The number of nitrogens with one attached hydrogen (secondary N) is 1. The fraction of sp³-hybridized carbons (Fsp3) is 0.636. The van der Waals surface area contributed by atoms with Gasteiger partial charge in [-0.05, 0) is 30.9 Å². The van der Waals surface area contributed by atoms with Crippen molar-refractivity contribution < 1.29 is 9.59 Å². The maximum absolute atomic E-state index is 13.1. The molecule has 0 spiro atoms. The van der Waals surface area contributed by atoms with Crippen molar-refractivity contribution in [2.75, 3.05) is 31.1 Å². The van der Waals surface area contributed by atoms with E-state index in [9.17, 15) is 9.59 Å². The van der Waals surface area contributed by atoms with E-state index in [1.54, 1.807) is 0 Å². The zero-order chi connectivity index (χ0) is 19.2. The molecule has 27 heavy (non-hydrogen) atoms. The monoisotopic (exact) mass is 371 g/mol. The molecule has 1 heterocycles. The number of para-hydroxylation sites is 1. The Morgan fingerprint density at radius 1 is 0.963 bits per heavy atom. The van der Waals surface area contributed by atoms with E-state index in [4.69, 9.17) is 0 Å². The second kappa shape index (κ2) is 9.25. The lowest BCUT2D eigenvalue weighted by Crippen LogP contribution is -2.57. The number of carbonyl (C=O) groups excluding carboxylic acids is 2. The summed E-state index contributed by atoms with van der Waals surface area (Å²) in [6.45, 7) is 7.11. The van der Waals surface area contributed by atoms with Gasteiger partial charge < -0.3 is 15.1 Å². The first-order chi connectivity index (χ1) is 13.1. The van der Waals surface area contributed by atoms with Crippen LogP contribution in [0.3, 0.4) is 0 Å². The standard InChI is InChI=1S/C22H33N3O2/c1-17(2)20(23-21(26)18-9-5-3-6-10-18)22(27)25-15-13-24(14-16-25)19-11-7-4-8-12-19/h4,7-8,11-12,17-18,20H,3,5-6,9-10,13-16H2,1-2H3,(H,23,26)/t20-/m1/s1. The largest absolute Gasteiger partial charge is 0.368 e. The number of nitrogens with zero attached hydrogens (tertiary/aromatic N) is 2. The van der Waals surface area contributed by atoms with E-state index in [2.05, 4.69) is 22.3 Å². The maximum atomic E-state index is 13.1. The first-order valence-corrected chi connectivity index (χ1v) is 10.5. The summed E-state index contributed by atoms with van der Waals surface area (Å²) in [7, 11) is 0. The molecule has 5 heteroatoms. The Kier molecular flexibility index (Phi) is 6.75. The molecule has 2 aliphatic rings. The quantitative estimate of drug-likeness (QED) is 0.865. The minimum Gasteiger partial charge on any atom is -0.368 e. The van der Waals surface area contributed by atoms with Crippen molar-refractivity contribution in [3.05, 3.63) is 30.3 Å². The third-order valence-electron chi connectivity index (χ3n) is 5.92. The van der Waals surface area contributed by atoms with E-state index in [1.165, 1.54) is 12.1 Å². The third kappa shape index (κ3) is 5.02. The van der Waals surface area contributed by atoms with Crippen LogP contribution in [-0.2, 0) is 9.59 Å². The van der Waals surface area contributed by atoms with Gasteiger partial charge in [0.1, 0.15) is 6.04 Å². The predicted molar refractivity (Wildman–Crippen MR) is 109 cm³/mol. The van der Waals surface area contributed by atoms with Crippen LogP contribution in [-0.4, -0.2) is 48.9 Å². The molecule has 0 unspecified atom stereocenters. The van der Waals surface area contributed by atoms with Crippen LogP contribution >= 0.6 is 0 Å². The van der Waals surface area contributed by atoms with Gasteiger partial charge in [0.05, 0.1) is 0 Å². The second-order valence-corrected chi connectivity index (χ2v) is 8.21. The molecular formula is C22H33N3O2. The van der Waals surface area contributed by atoms with Crippen LogP contribution in [0.1, 0.15) is 46.0 Å². The number of hydrogen-bond acceptors (Lipinski definition) is 3. The van der Waals surface area contributed by atoms with Gasteiger partial charge in [0.2, 0.25) is 11.8 Å². The van der Waals surface area contributed by atoms with Crippen molar-refractivity contribution in [3.8, 4) is 0 Å². The van der Waals surface area contributed by atoms with E-state index in [0.717, 1.165) is 38.8 Å². The van der Waals surface area contributed by atoms with Crippen LogP contribution in [0.2, 0.25) is 0 Å². The summed E-state index contributed by atoms with van der Waals surface area (Å²) in [5.41, 5.74) is 1.20. The summed E-state index contributed by atoms with van der Waals surface area (Å²) in [5, 5.41) is 3.08. The highest BCUT2D eigenvalue weighted by atomic mass is 16.2. The fourth-order valence-electron chi connectivity index (χ4n) is 4.17. The summed E-state index contributed by atoms with van der Waals surface area (Å²) >= 11 is 0. The SMILES string of the molecule is CC(C)[C@@H](NC(=O)C1CCCCC1)C(=O)N1CCN(c2ccccc2)CC1. The molecule has 3 rings (SSSR count). The normalized spacial score (nSPS) is 19.8. The predicted octanol–water partition coefficient (Wildman–Crippen LogP) is 3.06. The zero-order valence-electron chi connectivity index (χ0n) is 16.7. The van der Waals surface area contributed by atoms with E-state index < -0.39 is 6.04 Å². The number of amides is 2. The molecule has 1 atom stereocenters. The number of carbonyl (C=O) groups is 2. The Hall–Kier alpha value is -2.04. The number of benzene rings is 1. The number of rotatable bonds is 5. The lowest BCUT2D eigenvalue weighted by molar-refractivity contribution is -0.139. The molecule has 1 N–H and O–H groups in total. The van der Waals surface area contributed by atoms with E-state index in [-0.39, 0.29) is 23.7 Å². The molecule has 2 amide bonds. The molecule has 5 nitrogen and oxygen atoms in total. The molecule has 148 valence electrons. The summed E-state index contributed by atoms with van der Waals surface area (Å²) in [6.07, 6.45) is 5.39. The van der Waals surface area contributed by atoms with Crippen molar-refractivity contribution in [2.24, 2.45) is 11.8 Å². The minimum absolute atomic E-state index is 0.0712. The summed E-state index contributed by atoms with van der Waals surface area (Å²) in [5.74, 6) is 0.325. The Morgan fingerprint density at radius 2 is 1.59 bits per heavy atom. The van der Waals surface area contributed by atoms with Crippen molar-refractivity contribution in [2.45, 2.75) is 52.0 Å². The molecule has 1 saturated heterocycles. The molecule has 1 aromatic rings. The van der Waals surface area contributed by atoms with Gasteiger partial charge in [-0.2, -0.15) is 0 Å². The van der Waals surface area contributed by atoms with E-state index in [0.29, 0.717) is 13.1 Å². The van der Waals surface area contributed by atoms with Gasteiger partial charge in [-0.25, -0.2) is 0 Å². The van der Waals surface area contributed by atoms with Crippen LogP contribution < -0.4 is 10.2 Å². The maximum Gasteiger partial charge on any atom is 0.245 e. The summed E-state index contributed by atoms with van der Waals surface area (Å²) < 4.78 is 0. The average Bonchev–Trinajstić information content (AvgIpc) is 2.72. The van der Waals surface area contributed by atoms with E-state index >= 15 is 0 Å². The Morgan fingerprint density at radius 3 is 2.19 bits per heavy atom. The van der Waals surface area contributed by atoms with Gasteiger partial charge in [-0.3, -0.25) is 9.59 Å². The Balaban J connectivity index is 1.56. The van der Waals surface area contributed by atoms with Crippen molar-refractivity contribution >= 4 is 17.5 Å². The molecule has 0 aromatic heterocycles. The van der Waals surface area contributed by atoms with Crippen LogP contribution in [0.4, 0.5) is 5.69 Å². The van der Waals surface area contributed by atoms with Crippen LogP contribution in [0.5, 0.6) is 0 Å². The van der Waals surface area contributed by atoms with Gasteiger partial charge in [-0.1, -0.05) is 51.3 Å². The molecule has 1 saturated carbocycles. The highest BCUT2D eigenvalue weighted by Gasteiger charge is 2.32. The first kappa shape index (κ1) is 19.7. The smallest absolute Gasteiger partial charge is 0.245 e. The fourth-order valence-corrected chi connectivity index (χ4v) is 4.17. The van der Waals surface area contributed by atoms with Gasteiger partial charge >= 0.3 is 0 Å². The molecule has 1 aliphatic heterocycles. The molecule has 0 bridgehead atoms. The van der Waals surface area contributed by atoms with Crippen LogP contribution in [0.15, 0.2) is 30.3 Å². The van der Waals surface area contributed by atoms with Crippen molar-refractivity contribution in [3.63, 3.8) is 0 Å².